The monoisotopic (exact) mass is 396 g/mol. The molecule has 1 saturated carbocycles. The molecule has 3 atom stereocenters. The van der Waals surface area contributed by atoms with E-state index in [1.165, 1.54) is 0 Å². The van der Waals surface area contributed by atoms with Crippen LogP contribution < -0.4 is 10.5 Å². The fraction of sp³-hybridized carbons (Fsp3) is 0.217. The zero-order chi connectivity index (χ0) is 20.1. The van der Waals surface area contributed by atoms with Crippen LogP contribution in [-0.4, -0.2) is 24.7 Å². The van der Waals surface area contributed by atoms with E-state index >= 15 is 0 Å². The summed E-state index contributed by atoms with van der Waals surface area (Å²) in [5.41, 5.74) is 2.43. The van der Waals surface area contributed by atoms with Crippen LogP contribution in [0.4, 0.5) is 17.3 Å². The molecule has 3 heterocycles. The number of hydrogen-bond donors (Lipinski definition) is 1. The van der Waals surface area contributed by atoms with Gasteiger partial charge in [-0.25, -0.2) is 4.98 Å². The smallest absolute Gasteiger partial charge is 0.252 e. The normalized spacial score (nSPS) is 22.1. The predicted molar refractivity (Wildman–Crippen MR) is 115 cm³/mol. The SMILES string of the molecule is O=c1ccc2cnc(N(c3ccccc3)c3cn[nH]c3)nc2n1C1CC2C=CC1C2. The topological polar surface area (TPSA) is 79.7 Å². The number of benzene rings is 1. The number of allylic oxidation sites excluding steroid dienone is 2. The van der Waals surface area contributed by atoms with Crippen LogP contribution >= 0.6 is 0 Å². The number of rotatable bonds is 4. The summed E-state index contributed by atoms with van der Waals surface area (Å²) in [5.74, 6) is 1.47. The van der Waals surface area contributed by atoms with Crippen LogP contribution in [0.1, 0.15) is 18.9 Å². The minimum Gasteiger partial charge on any atom is -0.289 e. The average Bonchev–Trinajstić information content (AvgIpc) is 3.54. The van der Waals surface area contributed by atoms with E-state index < -0.39 is 0 Å². The molecule has 30 heavy (non-hydrogen) atoms. The van der Waals surface area contributed by atoms with Crippen LogP contribution in [-0.2, 0) is 0 Å². The third-order valence-electron chi connectivity index (χ3n) is 6.19. The van der Waals surface area contributed by atoms with Gasteiger partial charge in [-0.15, -0.1) is 0 Å². The Bertz CT molecular complexity index is 1290. The van der Waals surface area contributed by atoms with E-state index in [9.17, 15) is 4.79 Å². The van der Waals surface area contributed by atoms with Crippen molar-refractivity contribution in [2.24, 2.45) is 11.8 Å². The molecule has 6 rings (SSSR count). The van der Waals surface area contributed by atoms with Crippen molar-refractivity contribution >= 4 is 28.4 Å². The van der Waals surface area contributed by atoms with Gasteiger partial charge in [0.1, 0.15) is 5.65 Å². The Morgan fingerprint density at radius 1 is 1.00 bits per heavy atom. The Kier molecular flexibility index (Phi) is 3.80. The van der Waals surface area contributed by atoms with Gasteiger partial charge >= 0.3 is 0 Å². The summed E-state index contributed by atoms with van der Waals surface area (Å²) in [6.07, 6.45) is 12.0. The maximum Gasteiger partial charge on any atom is 0.252 e. The summed E-state index contributed by atoms with van der Waals surface area (Å²) in [4.78, 5) is 24.4. The summed E-state index contributed by atoms with van der Waals surface area (Å²) in [6.45, 7) is 0. The van der Waals surface area contributed by atoms with E-state index in [-0.39, 0.29) is 11.6 Å². The lowest BCUT2D eigenvalue weighted by Crippen LogP contribution is -2.28. The maximum absolute atomic E-state index is 12.9. The number of H-pyrrole nitrogens is 1. The number of hydrogen-bond acceptors (Lipinski definition) is 5. The van der Waals surface area contributed by atoms with Crippen molar-refractivity contribution in [2.45, 2.75) is 18.9 Å². The second kappa shape index (κ2) is 6.66. The Hall–Kier alpha value is -3.74. The molecular weight excluding hydrogens is 376 g/mol. The summed E-state index contributed by atoms with van der Waals surface area (Å²) < 4.78 is 1.88. The van der Waals surface area contributed by atoms with E-state index in [0.717, 1.165) is 29.6 Å². The Labute approximate surface area is 172 Å². The molecule has 1 aromatic carbocycles. The number of para-hydroxylation sites is 1. The first-order valence-electron chi connectivity index (χ1n) is 10.2. The molecule has 0 radical (unpaired) electrons. The molecular formula is C23H20N6O. The quantitative estimate of drug-likeness (QED) is 0.525. The Morgan fingerprint density at radius 2 is 1.90 bits per heavy atom. The van der Waals surface area contributed by atoms with Crippen LogP contribution in [0.2, 0.25) is 0 Å². The van der Waals surface area contributed by atoms with Crippen molar-refractivity contribution in [3.05, 3.63) is 83.6 Å². The number of pyridine rings is 1. The molecule has 0 spiro atoms. The van der Waals surface area contributed by atoms with E-state index in [0.29, 0.717) is 23.4 Å². The van der Waals surface area contributed by atoms with Gasteiger partial charge in [0.2, 0.25) is 5.95 Å². The summed E-state index contributed by atoms with van der Waals surface area (Å²) in [6, 6.07) is 13.5. The molecule has 1 fully saturated rings. The lowest BCUT2D eigenvalue weighted by molar-refractivity contribution is 0.431. The molecule has 0 aliphatic heterocycles. The van der Waals surface area contributed by atoms with Gasteiger partial charge in [0.05, 0.1) is 11.9 Å². The number of nitrogens with zero attached hydrogens (tertiary/aromatic N) is 5. The number of anilines is 3. The highest BCUT2D eigenvalue weighted by Gasteiger charge is 2.38. The highest BCUT2D eigenvalue weighted by Crippen LogP contribution is 2.46. The van der Waals surface area contributed by atoms with Gasteiger partial charge in [0.15, 0.2) is 0 Å². The largest absolute Gasteiger partial charge is 0.289 e. The van der Waals surface area contributed by atoms with Crippen molar-refractivity contribution in [1.29, 1.82) is 0 Å². The minimum atomic E-state index is -0.00678. The molecule has 0 amide bonds. The molecule has 2 bridgehead atoms. The van der Waals surface area contributed by atoms with E-state index in [1.807, 2.05) is 45.9 Å². The lowest BCUT2D eigenvalue weighted by Gasteiger charge is -2.24. The lowest BCUT2D eigenvalue weighted by atomic mass is 10.0. The van der Waals surface area contributed by atoms with Gasteiger partial charge < -0.3 is 0 Å². The van der Waals surface area contributed by atoms with Crippen molar-refractivity contribution in [2.75, 3.05) is 4.90 Å². The highest BCUT2D eigenvalue weighted by atomic mass is 16.1. The molecule has 148 valence electrons. The molecule has 4 aromatic rings. The maximum atomic E-state index is 12.9. The highest BCUT2D eigenvalue weighted by molar-refractivity contribution is 5.79. The molecule has 2 aliphatic carbocycles. The van der Waals surface area contributed by atoms with Gasteiger partial charge in [-0.1, -0.05) is 30.4 Å². The van der Waals surface area contributed by atoms with Crippen molar-refractivity contribution < 1.29 is 0 Å². The van der Waals surface area contributed by atoms with Crippen molar-refractivity contribution in [1.82, 2.24) is 24.7 Å². The van der Waals surface area contributed by atoms with Gasteiger partial charge in [-0.3, -0.25) is 19.4 Å². The molecule has 3 unspecified atom stereocenters. The van der Waals surface area contributed by atoms with Crippen molar-refractivity contribution in [3.8, 4) is 0 Å². The third kappa shape index (κ3) is 2.66. The number of aromatic nitrogens is 5. The second-order valence-corrected chi connectivity index (χ2v) is 7.97. The molecule has 1 N–H and O–H groups in total. The van der Waals surface area contributed by atoms with Crippen molar-refractivity contribution in [3.63, 3.8) is 0 Å². The third-order valence-corrected chi connectivity index (χ3v) is 6.19. The molecule has 7 heteroatoms. The number of fused-ring (bicyclic) bond motifs is 3. The Morgan fingerprint density at radius 3 is 2.63 bits per heavy atom. The van der Waals surface area contributed by atoms with Crippen LogP contribution in [0.5, 0.6) is 0 Å². The fourth-order valence-electron chi connectivity index (χ4n) is 4.83. The predicted octanol–water partition coefficient (Wildman–Crippen LogP) is 4.12. The minimum absolute atomic E-state index is 0.00678. The molecule has 2 aliphatic rings. The van der Waals surface area contributed by atoms with Crippen LogP contribution in [0.3, 0.4) is 0 Å². The molecule has 0 saturated heterocycles. The van der Waals surface area contributed by atoms with Gasteiger partial charge in [0.25, 0.3) is 5.56 Å². The standard InChI is InChI=1S/C23H20N6O/c30-21-9-8-17-12-24-23(27-22(17)29(21)20-11-15-6-7-16(20)10-15)28(19-13-25-26-14-19)18-4-2-1-3-5-18/h1-9,12-16,20H,10-11H2,(H,25,26). The summed E-state index contributed by atoms with van der Waals surface area (Å²) >= 11 is 0. The zero-order valence-corrected chi connectivity index (χ0v) is 16.2. The first kappa shape index (κ1) is 17.1. The zero-order valence-electron chi connectivity index (χ0n) is 16.2. The summed E-state index contributed by atoms with van der Waals surface area (Å²) in [7, 11) is 0. The van der Waals surface area contributed by atoms with Gasteiger partial charge in [0, 0.05) is 35.6 Å². The molecule has 7 nitrogen and oxygen atoms in total. The Balaban J connectivity index is 1.55. The van der Waals surface area contributed by atoms with Gasteiger partial charge in [-0.05, 0) is 42.9 Å². The van der Waals surface area contributed by atoms with Crippen LogP contribution in [0.15, 0.2) is 78.0 Å². The van der Waals surface area contributed by atoms with E-state index in [4.69, 9.17) is 4.98 Å². The van der Waals surface area contributed by atoms with Crippen LogP contribution in [0.25, 0.3) is 11.0 Å². The average molecular weight is 396 g/mol. The van der Waals surface area contributed by atoms with Gasteiger partial charge in [-0.2, -0.15) is 10.1 Å². The van der Waals surface area contributed by atoms with Crippen LogP contribution in [0, 0.1) is 11.8 Å². The molecule has 3 aromatic heterocycles. The first-order valence-corrected chi connectivity index (χ1v) is 10.2. The number of aromatic amines is 1. The summed E-state index contributed by atoms with van der Waals surface area (Å²) in [5, 5.41) is 7.82. The first-order chi connectivity index (χ1) is 14.8. The van der Waals surface area contributed by atoms with E-state index in [1.54, 1.807) is 24.7 Å². The second-order valence-electron chi connectivity index (χ2n) is 7.97. The number of nitrogens with one attached hydrogen (secondary N) is 1. The fourth-order valence-corrected chi connectivity index (χ4v) is 4.83. The van der Waals surface area contributed by atoms with E-state index in [2.05, 4.69) is 27.3 Å².